The van der Waals surface area contributed by atoms with Gasteiger partial charge in [-0.15, -0.1) is 0 Å². The number of benzene rings is 5. The monoisotopic (exact) mass is 384 g/mol. The van der Waals surface area contributed by atoms with Gasteiger partial charge in [-0.2, -0.15) is 0 Å². The Hall–Kier alpha value is -3.78. The van der Waals surface area contributed by atoms with Gasteiger partial charge in [-0.3, -0.25) is 9.59 Å². The van der Waals surface area contributed by atoms with E-state index in [0.29, 0.717) is 0 Å². The SMILES string of the molecule is O=C1C(=O)[C@H]2c3cc4ccccc4cc3[C@@H]1c1cc3cc4ccccc4cc3cc12. The smallest absolute Gasteiger partial charge is 0.211 e. The summed E-state index contributed by atoms with van der Waals surface area (Å²) in [5.74, 6) is -1.52. The Balaban J connectivity index is 1.57. The molecular formula is C28H16O2. The topological polar surface area (TPSA) is 34.1 Å². The Morgan fingerprint density at radius 2 is 0.700 bits per heavy atom. The van der Waals surface area contributed by atoms with Gasteiger partial charge >= 0.3 is 0 Å². The molecule has 0 unspecified atom stereocenters. The summed E-state index contributed by atoms with van der Waals surface area (Å²) in [4.78, 5) is 26.1. The van der Waals surface area contributed by atoms with Crippen molar-refractivity contribution in [2.45, 2.75) is 11.8 Å². The lowest BCUT2D eigenvalue weighted by Gasteiger charge is -2.38. The summed E-state index contributed by atoms with van der Waals surface area (Å²) in [5.41, 5.74) is 3.98. The third-order valence-corrected chi connectivity index (χ3v) is 6.87. The molecular weight excluding hydrogens is 368 g/mol. The second-order valence-corrected chi connectivity index (χ2v) is 8.45. The molecule has 0 spiro atoms. The van der Waals surface area contributed by atoms with Crippen molar-refractivity contribution in [1.29, 1.82) is 0 Å². The Labute approximate surface area is 172 Å². The Kier molecular flexibility index (Phi) is 2.91. The Morgan fingerprint density at radius 3 is 1.07 bits per heavy atom. The number of hydrogen-bond acceptors (Lipinski definition) is 2. The lowest BCUT2D eigenvalue weighted by Crippen LogP contribution is -2.40. The predicted octanol–water partition coefficient (Wildman–Crippen LogP) is 5.88. The fourth-order valence-electron chi connectivity index (χ4n) is 5.49. The first-order valence-electron chi connectivity index (χ1n) is 10.3. The summed E-state index contributed by atoms with van der Waals surface area (Å²) in [7, 11) is 0. The number of fused-ring (bicyclic) bond motifs is 4. The van der Waals surface area contributed by atoms with Crippen molar-refractivity contribution in [3.8, 4) is 0 Å². The quantitative estimate of drug-likeness (QED) is 0.247. The highest BCUT2D eigenvalue weighted by molar-refractivity contribution is 6.45. The third kappa shape index (κ3) is 1.93. The van der Waals surface area contributed by atoms with Crippen molar-refractivity contribution < 1.29 is 9.59 Å². The van der Waals surface area contributed by atoms with Crippen molar-refractivity contribution in [3.63, 3.8) is 0 Å². The highest BCUT2D eigenvalue weighted by Crippen LogP contribution is 2.51. The van der Waals surface area contributed by atoms with Crippen LogP contribution in [0.5, 0.6) is 0 Å². The minimum Gasteiger partial charge on any atom is -0.290 e. The number of ketones is 2. The van der Waals surface area contributed by atoms with E-state index in [1.807, 2.05) is 24.3 Å². The van der Waals surface area contributed by atoms with E-state index in [2.05, 4.69) is 60.7 Å². The predicted molar refractivity (Wildman–Crippen MR) is 119 cm³/mol. The highest BCUT2D eigenvalue weighted by Gasteiger charge is 2.49. The van der Waals surface area contributed by atoms with Crippen LogP contribution in [0.15, 0.2) is 84.9 Å². The van der Waals surface area contributed by atoms with Crippen LogP contribution in [0.4, 0.5) is 0 Å². The summed E-state index contributed by atoms with van der Waals surface area (Å²) in [6.07, 6.45) is 0. The average molecular weight is 384 g/mol. The van der Waals surface area contributed by atoms with Gasteiger partial charge in [-0.25, -0.2) is 0 Å². The Morgan fingerprint density at radius 1 is 0.400 bits per heavy atom. The van der Waals surface area contributed by atoms with Crippen LogP contribution >= 0.6 is 0 Å². The van der Waals surface area contributed by atoms with Crippen LogP contribution in [0.25, 0.3) is 32.3 Å². The molecule has 0 saturated heterocycles. The van der Waals surface area contributed by atoms with Gasteiger partial charge < -0.3 is 0 Å². The van der Waals surface area contributed by atoms with Crippen molar-refractivity contribution in [2.24, 2.45) is 0 Å². The molecule has 30 heavy (non-hydrogen) atoms. The number of carbonyl (C=O) groups excluding carboxylic acids is 2. The first kappa shape index (κ1) is 16.1. The molecule has 2 bridgehead atoms. The van der Waals surface area contributed by atoms with Gasteiger partial charge in [-0.1, -0.05) is 48.5 Å². The molecule has 0 amide bonds. The average Bonchev–Trinajstić information content (AvgIpc) is 2.77. The molecule has 5 aromatic rings. The lowest BCUT2D eigenvalue weighted by molar-refractivity contribution is -0.138. The zero-order valence-corrected chi connectivity index (χ0v) is 16.1. The van der Waals surface area contributed by atoms with Crippen LogP contribution in [0, 0.1) is 0 Å². The van der Waals surface area contributed by atoms with Crippen LogP contribution in [0.3, 0.4) is 0 Å². The summed E-state index contributed by atoms with van der Waals surface area (Å²) in [5, 5.41) is 6.80. The molecule has 0 radical (unpaired) electrons. The minimum absolute atomic E-state index is 0.268. The van der Waals surface area contributed by atoms with E-state index in [1.54, 1.807) is 0 Å². The number of carbonyl (C=O) groups is 2. The second-order valence-electron chi connectivity index (χ2n) is 8.45. The second kappa shape index (κ2) is 5.43. The maximum Gasteiger partial charge on any atom is 0.211 e. The molecule has 0 fully saturated rings. The molecule has 2 nitrogen and oxygen atoms in total. The standard InChI is InChI=1S/C28H16O2/c29-27-25-21-11-17-7-3-4-8-18(17)12-22(21)26(28(27)30)24-14-20-10-16-6-2-1-5-15(16)9-19(20)13-23(24)25/h1-14,25-26H/t25-,26+. The number of Topliss-reactive ketones (excluding diaryl/α,β-unsaturated/α-hetero) is 2. The maximum absolute atomic E-state index is 13.0. The molecule has 0 heterocycles. The van der Waals surface area contributed by atoms with E-state index >= 15 is 0 Å². The molecule has 3 aliphatic rings. The third-order valence-electron chi connectivity index (χ3n) is 6.87. The molecule has 0 aromatic heterocycles. The van der Waals surface area contributed by atoms with Gasteiger partial charge in [0.25, 0.3) is 0 Å². The molecule has 5 aromatic carbocycles. The molecule has 0 N–H and O–H groups in total. The summed E-state index contributed by atoms with van der Waals surface area (Å²) < 4.78 is 0. The molecule has 0 saturated carbocycles. The van der Waals surface area contributed by atoms with Crippen molar-refractivity contribution in [2.75, 3.05) is 0 Å². The fraction of sp³-hybridized carbons (Fsp3) is 0.0714. The zero-order chi connectivity index (χ0) is 20.0. The fourth-order valence-corrected chi connectivity index (χ4v) is 5.49. The van der Waals surface area contributed by atoms with Gasteiger partial charge in [0, 0.05) is 0 Å². The first-order valence-corrected chi connectivity index (χ1v) is 10.3. The first-order chi connectivity index (χ1) is 14.7. The summed E-state index contributed by atoms with van der Waals surface area (Å²) in [6.45, 7) is 0. The molecule has 2 atom stereocenters. The van der Waals surface area contributed by atoms with Gasteiger partial charge in [0.1, 0.15) is 0 Å². The zero-order valence-electron chi connectivity index (χ0n) is 16.1. The van der Waals surface area contributed by atoms with Crippen LogP contribution in [0.2, 0.25) is 0 Å². The van der Waals surface area contributed by atoms with E-state index in [1.165, 1.54) is 10.8 Å². The van der Waals surface area contributed by atoms with Gasteiger partial charge in [0.15, 0.2) is 0 Å². The van der Waals surface area contributed by atoms with Crippen molar-refractivity contribution in [1.82, 2.24) is 0 Å². The largest absolute Gasteiger partial charge is 0.290 e. The van der Waals surface area contributed by atoms with Crippen molar-refractivity contribution >= 4 is 43.9 Å². The van der Waals surface area contributed by atoms with E-state index in [-0.39, 0.29) is 11.6 Å². The van der Waals surface area contributed by atoms with Crippen LogP contribution < -0.4 is 0 Å². The summed E-state index contributed by atoms with van der Waals surface area (Å²) in [6, 6.07) is 29.3. The molecule has 8 rings (SSSR count). The molecule has 140 valence electrons. The summed E-state index contributed by atoms with van der Waals surface area (Å²) >= 11 is 0. The van der Waals surface area contributed by atoms with Gasteiger partial charge in [-0.05, 0) is 91.0 Å². The molecule has 2 heteroatoms. The van der Waals surface area contributed by atoms with E-state index < -0.39 is 11.8 Å². The minimum atomic E-state index is -0.493. The number of rotatable bonds is 0. The molecule has 0 aliphatic heterocycles. The van der Waals surface area contributed by atoms with E-state index in [9.17, 15) is 9.59 Å². The maximum atomic E-state index is 13.0. The van der Waals surface area contributed by atoms with Gasteiger partial charge in [0.05, 0.1) is 11.8 Å². The Bertz CT molecular complexity index is 1470. The van der Waals surface area contributed by atoms with Crippen LogP contribution in [0.1, 0.15) is 34.1 Å². The van der Waals surface area contributed by atoms with E-state index in [0.717, 1.165) is 43.8 Å². The van der Waals surface area contributed by atoms with Crippen LogP contribution in [-0.2, 0) is 9.59 Å². The van der Waals surface area contributed by atoms with Crippen molar-refractivity contribution in [3.05, 3.63) is 107 Å². The molecule has 3 aliphatic carbocycles. The highest BCUT2D eigenvalue weighted by atomic mass is 16.2. The van der Waals surface area contributed by atoms with Crippen LogP contribution in [-0.4, -0.2) is 11.6 Å². The number of hydrogen-bond donors (Lipinski definition) is 0. The lowest BCUT2D eigenvalue weighted by atomic mass is 9.62. The van der Waals surface area contributed by atoms with Gasteiger partial charge in [0.2, 0.25) is 11.6 Å². The normalized spacial score (nSPS) is 19.5. The van der Waals surface area contributed by atoms with E-state index in [4.69, 9.17) is 0 Å².